The predicted molar refractivity (Wildman–Crippen MR) is 241 cm³/mol. The minimum Gasteiger partial charge on any atom is -0.480 e. The molecule has 0 aliphatic rings. The molecule has 0 aliphatic carbocycles. The second-order valence-corrected chi connectivity index (χ2v) is 16.7. The zero-order valence-electron chi connectivity index (χ0n) is 36.8. The van der Waals surface area contributed by atoms with Gasteiger partial charge in [0.05, 0.1) is 39.0 Å². The van der Waals surface area contributed by atoms with Crippen molar-refractivity contribution in [3.05, 3.63) is 29.8 Å². The Hall–Kier alpha value is -3.97. The number of carbonyl (C=O) groups is 7. The number of carboxylic acid groups (broad SMARTS) is 1. The molecule has 1 aromatic carbocycles. The van der Waals surface area contributed by atoms with Crippen LogP contribution in [0.2, 0.25) is 0 Å². The first kappa shape index (κ1) is 56.0. The normalized spacial score (nSPS) is 13.4. The van der Waals surface area contributed by atoms with Crippen LogP contribution in [0.3, 0.4) is 0 Å². The van der Waals surface area contributed by atoms with Crippen LogP contribution in [0.4, 0.5) is 9.59 Å². The van der Waals surface area contributed by atoms with Crippen LogP contribution >= 0.6 is 30.1 Å². The van der Waals surface area contributed by atoms with Gasteiger partial charge in [-0.3, -0.25) is 24.0 Å². The monoisotopic (exact) mass is 1010 g/mol. The standard InChI is InChI=1S/C40H66IN7O13S/c1-8-27(2)34(35(50)45-29(4)38(53)54)46-33(49)26-47(6)37(52)32(48(7)36(51)28(3)42-5)25-30-11-13-31(14-12-30)61-40(56)44-16-10-18-58-20-22-59-21-19-57-17-9-15-43-39(55)60-23-24-62-41/h11-14,27-29,32,34,42H,8-10,15-26H2,1-7H3,(H,43,55)(H,44,56)(H,45,50)(H,46,49)(H,53,54)/t27?,28?,29-,32-,34?/m1/s1. The van der Waals surface area contributed by atoms with Gasteiger partial charge in [0.2, 0.25) is 23.6 Å². The van der Waals surface area contributed by atoms with Gasteiger partial charge < -0.3 is 65.2 Å². The largest absolute Gasteiger partial charge is 0.480 e. The number of likely N-dealkylation sites (N-methyl/N-ethyl adjacent to an activating group) is 3. The van der Waals surface area contributed by atoms with E-state index in [0.717, 1.165) is 10.7 Å². The molecule has 6 amide bonds. The van der Waals surface area contributed by atoms with Crippen LogP contribution in [0.5, 0.6) is 5.75 Å². The van der Waals surface area contributed by atoms with Gasteiger partial charge in [0.15, 0.2) is 0 Å². The van der Waals surface area contributed by atoms with E-state index in [-0.39, 0.29) is 24.0 Å². The van der Waals surface area contributed by atoms with Crippen molar-refractivity contribution >= 4 is 71.9 Å². The highest BCUT2D eigenvalue weighted by Crippen LogP contribution is 2.17. The van der Waals surface area contributed by atoms with E-state index < -0.39 is 66.6 Å². The zero-order valence-corrected chi connectivity index (χ0v) is 39.8. The Morgan fingerprint density at radius 3 is 1.87 bits per heavy atom. The predicted octanol–water partition coefficient (Wildman–Crippen LogP) is 1.97. The summed E-state index contributed by atoms with van der Waals surface area (Å²) in [7, 11) is 6.10. The molecule has 0 spiro atoms. The summed E-state index contributed by atoms with van der Waals surface area (Å²) >= 11 is 2.14. The number of nitrogens with zero attached hydrogens (tertiary/aromatic N) is 2. The number of ether oxygens (including phenoxy) is 5. The maximum atomic E-state index is 13.9. The summed E-state index contributed by atoms with van der Waals surface area (Å²) in [5.41, 5.74) is 0.644. The molecule has 0 saturated heterocycles. The first-order valence-electron chi connectivity index (χ1n) is 20.5. The van der Waals surface area contributed by atoms with Crippen LogP contribution < -0.4 is 31.3 Å². The number of halogens is 1. The number of aliphatic carboxylic acids is 1. The highest BCUT2D eigenvalue weighted by Gasteiger charge is 2.33. The fourth-order valence-corrected chi connectivity index (χ4v) is 6.04. The van der Waals surface area contributed by atoms with Crippen LogP contribution in [0.15, 0.2) is 24.3 Å². The molecule has 6 N–H and O–H groups in total. The maximum absolute atomic E-state index is 13.9. The molecule has 352 valence electrons. The third-order valence-electron chi connectivity index (χ3n) is 9.37. The number of nitrogens with one attached hydrogen (secondary N) is 5. The fourth-order valence-electron chi connectivity index (χ4n) is 5.35. The van der Waals surface area contributed by atoms with Crippen molar-refractivity contribution in [2.24, 2.45) is 5.92 Å². The van der Waals surface area contributed by atoms with E-state index >= 15 is 0 Å². The molecular formula is C40H66IN7O13S. The number of carbonyl (C=O) groups excluding carboxylic acids is 6. The molecule has 0 fully saturated rings. The molecule has 5 atom stereocenters. The van der Waals surface area contributed by atoms with Crippen LogP contribution in [0, 0.1) is 5.92 Å². The van der Waals surface area contributed by atoms with Crippen molar-refractivity contribution in [2.45, 2.75) is 77.5 Å². The quantitative estimate of drug-likeness (QED) is 0.0446. The summed E-state index contributed by atoms with van der Waals surface area (Å²) in [5, 5.41) is 22.4. The lowest BCUT2D eigenvalue weighted by Gasteiger charge is -2.32. The van der Waals surface area contributed by atoms with Crippen molar-refractivity contribution in [3.8, 4) is 5.75 Å². The first-order valence-corrected chi connectivity index (χ1v) is 24.0. The minimum absolute atomic E-state index is 0.0664. The first-order chi connectivity index (χ1) is 29.6. The molecule has 1 rings (SSSR count). The SMILES string of the molecule is CCC(C)C(NC(=O)CN(C)C(=O)[C@@H](Cc1ccc(OC(=O)NCCCOCCOCCOCCCNC(=O)OCCSI)cc1)N(C)C(=O)C(C)NC)C(=O)N[C@H](C)C(=O)O. The van der Waals surface area contributed by atoms with Gasteiger partial charge in [0.1, 0.15) is 30.5 Å². The highest BCUT2D eigenvalue weighted by molar-refractivity contribution is 14.2. The zero-order chi connectivity index (χ0) is 46.5. The van der Waals surface area contributed by atoms with Crippen molar-refractivity contribution in [1.82, 2.24) is 36.4 Å². The van der Waals surface area contributed by atoms with Crippen LogP contribution in [0.1, 0.15) is 52.5 Å². The lowest BCUT2D eigenvalue weighted by molar-refractivity contribution is -0.146. The van der Waals surface area contributed by atoms with Gasteiger partial charge in [-0.2, -0.15) is 0 Å². The van der Waals surface area contributed by atoms with Crippen LogP contribution in [0.25, 0.3) is 0 Å². The second-order valence-electron chi connectivity index (χ2n) is 14.3. The van der Waals surface area contributed by atoms with Gasteiger partial charge in [0.25, 0.3) is 0 Å². The molecule has 0 radical (unpaired) electrons. The van der Waals surface area contributed by atoms with Crippen molar-refractivity contribution < 1.29 is 62.4 Å². The molecule has 22 heteroatoms. The van der Waals surface area contributed by atoms with Gasteiger partial charge in [-0.1, -0.05) is 41.3 Å². The Balaban J connectivity index is 2.57. The lowest BCUT2D eigenvalue weighted by atomic mass is 9.98. The average molecular weight is 1010 g/mol. The lowest BCUT2D eigenvalue weighted by Crippen LogP contribution is -2.57. The van der Waals surface area contributed by atoms with Gasteiger partial charge in [-0.15, -0.1) is 0 Å². The maximum Gasteiger partial charge on any atom is 0.412 e. The van der Waals surface area contributed by atoms with Crippen LogP contribution in [-0.4, -0.2) is 174 Å². The number of hydrogen-bond donors (Lipinski definition) is 6. The van der Waals surface area contributed by atoms with Crippen molar-refractivity contribution in [3.63, 3.8) is 0 Å². The number of alkyl carbamates (subject to hydrolysis) is 1. The third kappa shape index (κ3) is 23.5. The molecule has 0 aromatic heterocycles. The number of amides is 6. The van der Waals surface area contributed by atoms with E-state index in [1.54, 1.807) is 54.1 Å². The Bertz CT molecular complexity index is 1530. The van der Waals surface area contributed by atoms with E-state index in [1.165, 1.54) is 25.9 Å². The van der Waals surface area contributed by atoms with Crippen molar-refractivity contribution in [1.29, 1.82) is 0 Å². The number of hydrogen-bond acceptors (Lipinski definition) is 14. The van der Waals surface area contributed by atoms with E-state index in [4.69, 9.17) is 23.7 Å². The number of benzene rings is 1. The topological polar surface area (TPSA) is 252 Å². The van der Waals surface area contributed by atoms with Gasteiger partial charge >= 0.3 is 18.2 Å². The summed E-state index contributed by atoms with van der Waals surface area (Å²) in [6, 6.07) is 2.61. The summed E-state index contributed by atoms with van der Waals surface area (Å²) in [6.45, 7) is 9.74. The molecule has 62 heavy (non-hydrogen) atoms. The van der Waals surface area contributed by atoms with Gasteiger partial charge in [-0.05, 0) is 78.6 Å². The van der Waals surface area contributed by atoms with Gasteiger partial charge in [-0.25, -0.2) is 9.59 Å². The van der Waals surface area contributed by atoms with E-state index in [0.29, 0.717) is 84.2 Å². The van der Waals surface area contributed by atoms with Gasteiger partial charge in [0, 0.05) is 52.6 Å². The minimum atomic E-state index is -1.23. The molecule has 3 unspecified atom stereocenters. The van der Waals surface area contributed by atoms with E-state index in [1.807, 2.05) is 6.92 Å². The fraction of sp³-hybridized carbons (Fsp3) is 0.675. The second kappa shape index (κ2) is 32.7. The molecule has 1 aromatic rings. The number of carboxylic acids is 1. The smallest absolute Gasteiger partial charge is 0.412 e. The molecule has 0 heterocycles. The number of rotatable bonds is 32. The average Bonchev–Trinajstić information content (AvgIpc) is 3.25. The summed E-state index contributed by atoms with van der Waals surface area (Å²) < 4.78 is 26.9. The third-order valence-corrected chi connectivity index (χ3v) is 11.0. The molecule has 20 nitrogen and oxygen atoms in total. The molecular weight excluding hydrogens is 945 g/mol. The molecule has 0 aliphatic heterocycles. The van der Waals surface area contributed by atoms with Crippen molar-refractivity contribution in [2.75, 3.05) is 92.8 Å². The Morgan fingerprint density at radius 1 is 0.774 bits per heavy atom. The molecule has 0 saturated carbocycles. The summed E-state index contributed by atoms with van der Waals surface area (Å²) in [5.74, 6) is -2.76. The Kier molecular flexibility index (Phi) is 29.5. The Labute approximate surface area is 380 Å². The van der Waals surface area contributed by atoms with E-state index in [9.17, 15) is 38.7 Å². The highest BCUT2D eigenvalue weighted by atomic mass is 127. The summed E-state index contributed by atoms with van der Waals surface area (Å²) in [6.07, 6.45) is 0.687. The summed E-state index contributed by atoms with van der Waals surface area (Å²) in [4.78, 5) is 90.7. The Morgan fingerprint density at radius 2 is 1.34 bits per heavy atom. The van der Waals surface area contributed by atoms with Crippen LogP contribution in [-0.2, 0) is 49.3 Å². The molecule has 0 bridgehead atoms. The van der Waals surface area contributed by atoms with E-state index in [2.05, 4.69) is 47.8 Å².